The van der Waals surface area contributed by atoms with E-state index < -0.39 is 6.10 Å². The van der Waals surface area contributed by atoms with Crippen molar-refractivity contribution in [2.75, 3.05) is 27.4 Å². The first-order chi connectivity index (χ1) is 7.76. The molecule has 90 valence electrons. The van der Waals surface area contributed by atoms with Crippen LogP contribution in [0, 0.1) is 0 Å². The van der Waals surface area contributed by atoms with Gasteiger partial charge in [0, 0.05) is 13.7 Å². The van der Waals surface area contributed by atoms with Crippen LogP contribution in [0.1, 0.15) is 5.56 Å². The Balaban J connectivity index is 2.37. The summed E-state index contributed by atoms with van der Waals surface area (Å²) < 4.78 is 10.2. The van der Waals surface area contributed by atoms with Gasteiger partial charge in [-0.1, -0.05) is 12.1 Å². The Morgan fingerprint density at radius 1 is 1.25 bits per heavy atom. The molecule has 1 rings (SSSR count). The third-order valence-corrected chi connectivity index (χ3v) is 2.11. The van der Waals surface area contributed by atoms with Gasteiger partial charge in [0.2, 0.25) is 0 Å². The predicted molar refractivity (Wildman–Crippen MR) is 62.6 cm³/mol. The smallest absolute Gasteiger partial charge is 0.119 e. The molecule has 0 amide bonds. The molecule has 0 bridgehead atoms. The number of benzene rings is 1. The fourth-order valence-corrected chi connectivity index (χ4v) is 1.34. The maximum absolute atomic E-state index is 9.39. The molecule has 0 heterocycles. The van der Waals surface area contributed by atoms with Gasteiger partial charge in [-0.25, -0.2) is 0 Å². The molecule has 1 atom stereocenters. The molecule has 0 aliphatic rings. The highest BCUT2D eigenvalue weighted by molar-refractivity contribution is 5.27. The van der Waals surface area contributed by atoms with Crippen LogP contribution in [0.2, 0.25) is 0 Å². The van der Waals surface area contributed by atoms with Crippen LogP contribution < -0.4 is 10.1 Å². The molecule has 1 aromatic carbocycles. The van der Waals surface area contributed by atoms with Crippen LogP contribution in [0.5, 0.6) is 5.75 Å². The van der Waals surface area contributed by atoms with Crippen molar-refractivity contribution >= 4 is 0 Å². The molecule has 16 heavy (non-hydrogen) atoms. The van der Waals surface area contributed by atoms with Crippen LogP contribution >= 0.6 is 0 Å². The van der Waals surface area contributed by atoms with E-state index >= 15 is 0 Å². The fourth-order valence-electron chi connectivity index (χ4n) is 1.34. The molecule has 1 aromatic rings. The van der Waals surface area contributed by atoms with E-state index in [9.17, 15) is 5.11 Å². The Kier molecular flexibility index (Phi) is 5.85. The number of rotatable bonds is 7. The number of aliphatic hydroxyl groups is 1. The van der Waals surface area contributed by atoms with Crippen molar-refractivity contribution in [1.29, 1.82) is 0 Å². The van der Waals surface area contributed by atoms with Gasteiger partial charge in [-0.05, 0) is 24.7 Å². The van der Waals surface area contributed by atoms with E-state index in [1.807, 2.05) is 31.3 Å². The minimum Gasteiger partial charge on any atom is -0.491 e. The fraction of sp³-hybridized carbons (Fsp3) is 0.500. The van der Waals surface area contributed by atoms with Crippen LogP contribution in [0.4, 0.5) is 0 Å². The van der Waals surface area contributed by atoms with Gasteiger partial charge in [0.25, 0.3) is 0 Å². The highest BCUT2D eigenvalue weighted by atomic mass is 16.5. The van der Waals surface area contributed by atoms with E-state index in [1.54, 1.807) is 7.11 Å². The molecule has 4 heteroatoms. The summed E-state index contributed by atoms with van der Waals surface area (Å²) in [7, 11) is 3.46. The standard InChI is InChI=1S/C12H19NO3/c1-13-7-10-3-5-12(6-4-10)16-9-11(14)8-15-2/h3-6,11,13-14H,7-9H2,1-2H3. The second kappa shape index (κ2) is 7.22. The van der Waals surface area contributed by atoms with Crippen LogP contribution in [-0.4, -0.2) is 38.6 Å². The monoisotopic (exact) mass is 225 g/mol. The molecule has 0 aliphatic heterocycles. The maximum Gasteiger partial charge on any atom is 0.119 e. The number of hydrogen-bond donors (Lipinski definition) is 2. The maximum atomic E-state index is 9.39. The molecule has 0 aliphatic carbocycles. The summed E-state index contributed by atoms with van der Waals surface area (Å²) in [6, 6.07) is 7.78. The first-order valence-corrected chi connectivity index (χ1v) is 5.29. The average Bonchev–Trinajstić information content (AvgIpc) is 2.29. The molecule has 0 saturated heterocycles. The Morgan fingerprint density at radius 3 is 2.50 bits per heavy atom. The number of ether oxygens (including phenoxy) is 2. The molecule has 1 unspecified atom stereocenters. The van der Waals surface area contributed by atoms with E-state index in [1.165, 1.54) is 5.56 Å². The molecule has 0 aromatic heterocycles. The van der Waals surface area contributed by atoms with Crippen LogP contribution in [0.25, 0.3) is 0 Å². The minimum atomic E-state index is -0.581. The lowest BCUT2D eigenvalue weighted by molar-refractivity contribution is 0.0325. The third-order valence-electron chi connectivity index (χ3n) is 2.11. The van der Waals surface area contributed by atoms with Gasteiger partial charge in [-0.15, -0.1) is 0 Å². The molecule has 0 spiro atoms. The molecule has 0 saturated carbocycles. The quantitative estimate of drug-likeness (QED) is 0.720. The Labute approximate surface area is 96.2 Å². The van der Waals surface area contributed by atoms with Crippen LogP contribution in [0.15, 0.2) is 24.3 Å². The van der Waals surface area contributed by atoms with Gasteiger partial charge in [0.05, 0.1) is 6.61 Å². The van der Waals surface area contributed by atoms with Gasteiger partial charge in [-0.2, -0.15) is 0 Å². The summed E-state index contributed by atoms with van der Waals surface area (Å²) in [4.78, 5) is 0. The number of aliphatic hydroxyl groups excluding tert-OH is 1. The van der Waals surface area contributed by atoms with Crippen molar-refractivity contribution in [3.8, 4) is 5.75 Å². The van der Waals surface area contributed by atoms with E-state index in [4.69, 9.17) is 9.47 Å². The summed E-state index contributed by atoms with van der Waals surface area (Å²) in [5.41, 5.74) is 1.20. The SMILES string of the molecule is CNCc1ccc(OCC(O)COC)cc1. The summed E-state index contributed by atoms with van der Waals surface area (Å²) in [5.74, 6) is 0.759. The highest BCUT2D eigenvalue weighted by Crippen LogP contribution is 2.12. The summed E-state index contributed by atoms with van der Waals surface area (Å²) in [5, 5.41) is 12.5. The summed E-state index contributed by atoms with van der Waals surface area (Å²) in [6.07, 6.45) is -0.581. The largest absolute Gasteiger partial charge is 0.491 e. The van der Waals surface area contributed by atoms with E-state index in [2.05, 4.69) is 5.32 Å². The van der Waals surface area contributed by atoms with Crippen LogP contribution in [-0.2, 0) is 11.3 Å². The van der Waals surface area contributed by atoms with Crippen molar-refractivity contribution < 1.29 is 14.6 Å². The van der Waals surface area contributed by atoms with Gasteiger partial charge < -0.3 is 19.9 Å². The second-order valence-electron chi connectivity index (χ2n) is 3.59. The number of hydrogen-bond acceptors (Lipinski definition) is 4. The van der Waals surface area contributed by atoms with Crippen molar-refractivity contribution in [3.05, 3.63) is 29.8 Å². The average molecular weight is 225 g/mol. The van der Waals surface area contributed by atoms with E-state index in [0.717, 1.165) is 12.3 Å². The van der Waals surface area contributed by atoms with Crippen molar-refractivity contribution in [3.63, 3.8) is 0 Å². The first-order valence-electron chi connectivity index (χ1n) is 5.29. The van der Waals surface area contributed by atoms with E-state index in [0.29, 0.717) is 0 Å². The first kappa shape index (κ1) is 13.0. The van der Waals surface area contributed by atoms with Gasteiger partial charge in [0.15, 0.2) is 0 Å². The van der Waals surface area contributed by atoms with Crippen LogP contribution in [0.3, 0.4) is 0 Å². The van der Waals surface area contributed by atoms with Gasteiger partial charge in [0.1, 0.15) is 18.5 Å². The third kappa shape index (κ3) is 4.61. The zero-order valence-corrected chi connectivity index (χ0v) is 9.77. The summed E-state index contributed by atoms with van der Waals surface area (Å²) >= 11 is 0. The molecular formula is C12H19NO3. The Bertz CT molecular complexity index is 287. The lowest BCUT2D eigenvalue weighted by atomic mass is 10.2. The summed E-state index contributed by atoms with van der Waals surface area (Å²) in [6.45, 7) is 1.38. The number of nitrogens with one attached hydrogen (secondary N) is 1. The van der Waals surface area contributed by atoms with Crippen molar-refractivity contribution in [2.24, 2.45) is 0 Å². The lowest BCUT2D eigenvalue weighted by Crippen LogP contribution is -2.22. The second-order valence-corrected chi connectivity index (χ2v) is 3.59. The van der Waals surface area contributed by atoms with Crippen molar-refractivity contribution in [2.45, 2.75) is 12.6 Å². The number of methoxy groups -OCH3 is 1. The molecule has 0 fully saturated rings. The zero-order chi connectivity index (χ0) is 11.8. The van der Waals surface area contributed by atoms with Crippen molar-refractivity contribution in [1.82, 2.24) is 5.32 Å². The molecule has 0 radical (unpaired) electrons. The zero-order valence-electron chi connectivity index (χ0n) is 9.77. The Hall–Kier alpha value is -1.10. The molecular weight excluding hydrogens is 206 g/mol. The minimum absolute atomic E-state index is 0.249. The van der Waals surface area contributed by atoms with Gasteiger partial charge in [-0.3, -0.25) is 0 Å². The lowest BCUT2D eigenvalue weighted by Gasteiger charge is -2.11. The molecule has 2 N–H and O–H groups in total. The molecule has 4 nitrogen and oxygen atoms in total. The predicted octanol–water partition coefficient (Wildman–Crippen LogP) is 0.792. The Morgan fingerprint density at radius 2 is 1.94 bits per heavy atom. The van der Waals surface area contributed by atoms with E-state index in [-0.39, 0.29) is 13.2 Å². The van der Waals surface area contributed by atoms with Gasteiger partial charge >= 0.3 is 0 Å². The highest BCUT2D eigenvalue weighted by Gasteiger charge is 2.04. The normalized spacial score (nSPS) is 12.4. The topological polar surface area (TPSA) is 50.7 Å².